The molecule has 0 N–H and O–H groups in total. The number of hydrogen-bond donors (Lipinski definition) is 0. The summed E-state index contributed by atoms with van der Waals surface area (Å²) in [6.45, 7) is 2.41. The van der Waals surface area contributed by atoms with Crippen molar-refractivity contribution in [2.45, 2.75) is 13.5 Å². The summed E-state index contributed by atoms with van der Waals surface area (Å²) >= 11 is 5.67. The maximum Gasteiger partial charge on any atom is 0.167 e. The van der Waals surface area contributed by atoms with Crippen LogP contribution in [-0.4, -0.2) is 17.0 Å². The summed E-state index contributed by atoms with van der Waals surface area (Å²) in [5.74, 6) is -0.166. The molecule has 0 amide bonds. The van der Waals surface area contributed by atoms with Gasteiger partial charge in [-0.25, -0.2) is 9.37 Å². The summed E-state index contributed by atoms with van der Waals surface area (Å²) in [6, 6.07) is 7.00. The largest absolute Gasteiger partial charge is 0.351 e. The van der Waals surface area contributed by atoms with Crippen LogP contribution in [0.15, 0.2) is 30.5 Å². The molecule has 0 aromatic carbocycles. The van der Waals surface area contributed by atoms with E-state index in [4.69, 9.17) is 11.6 Å². The highest BCUT2D eigenvalue weighted by Crippen LogP contribution is 2.19. The molecule has 5 heteroatoms. The van der Waals surface area contributed by atoms with Gasteiger partial charge < -0.3 is 4.90 Å². The first-order valence-corrected chi connectivity index (χ1v) is 5.89. The molecule has 0 atom stereocenters. The van der Waals surface area contributed by atoms with E-state index in [0.29, 0.717) is 11.6 Å². The average Bonchev–Trinajstić information content (AvgIpc) is 2.28. The molecular weight excluding hydrogens is 253 g/mol. The predicted molar refractivity (Wildman–Crippen MR) is 70.3 cm³/mol. The Balaban J connectivity index is 2.19. The maximum absolute atomic E-state index is 13.7. The lowest BCUT2D eigenvalue weighted by atomic mass is 10.3. The van der Waals surface area contributed by atoms with Gasteiger partial charge in [-0.2, -0.15) is 0 Å². The maximum atomic E-state index is 13.7. The molecule has 2 rings (SSSR count). The summed E-state index contributed by atoms with van der Waals surface area (Å²) < 4.78 is 13.7. The van der Waals surface area contributed by atoms with Crippen LogP contribution in [0.1, 0.15) is 11.4 Å². The fraction of sp³-hybridized carbons (Fsp3) is 0.231. The van der Waals surface area contributed by atoms with Crippen LogP contribution < -0.4 is 4.90 Å². The second-order valence-corrected chi connectivity index (χ2v) is 4.52. The van der Waals surface area contributed by atoms with Gasteiger partial charge in [-0.1, -0.05) is 17.7 Å². The van der Waals surface area contributed by atoms with Crippen LogP contribution in [0.2, 0.25) is 5.02 Å². The van der Waals surface area contributed by atoms with Crippen molar-refractivity contribution in [1.29, 1.82) is 0 Å². The van der Waals surface area contributed by atoms with Gasteiger partial charge in [-0.05, 0) is 25.1 Å². The number of pyridine rings is 2. The molecule has 94 valence electrons. The van der Waals surface area contributed by atoms with Crippen LogP contribution in [0.25, 0.3) is 0 Å². The fourth-order valence-electron chi connectivity index (χ4n) is 1.69. The molecule has 0 aliphatic rings. The van der Waals surface area contributed by atoms with E-state index in [1.807, 2.05) is 25.1 Å². The van der Waals surface area contributed by atoms with Crippen molar-refractivity contribution in [3.8, 4) is 0 Å². The highest BCUT2D eigenvalue weighted by molar-refractivity contribution is 6.30. The zero-order valence-corrected chi connectivity index (χ0v) is 10.9. The summed E-state index contributed by atoms with van der Waals surface area (Å²) in [6.07, 6.45) is 1.43. The molecule has 18 heavy (non-hydrogen) atoms. The lowest BCUT2D eigenvalue weighted by Crippen LogP contribution is -2.19. The molecule has 2 aromatic rings. The molecule has 0 saturated heterocycles. The highest BCUT2D eigenvalue weighted by atomic mass is 35.5. The van der Waals surface area contributed by atoms with E-state index in [-0.39, 0.29) is 5.82 Å². The first-order chi connectivity index (χ1) is 8.56. The Hall–Kier alpha value is -1.68. The van der Waals surface area contributed by atoms with E-state index >= 15 is 0 Å². The van der Waals surface area contributed by atoms with Crippen molar-refractivity contribution in [2.24, 2.45) is 0 Å². The SMILES string of the molecule is Cc1cccc(CN(C)c2ncc(Cl)cc2F)n1. The Labute approximate surface area is 110 Å². The molecular formula is C13H13ClFN3. The van der Waals surface area contributed by atoms with Gasteiger partial charge in [-0.3, -0.25) is 4.98 Å². The Kier molecular flexibility index (Phi) is 3.77. The number of anilines is 1. The van der Waals surface area contributed by atoms with Crippen LogP contribution in [0.5, 0.6) is 0 Å². The van der Waals surface area contributed by atoms with Gasteiger partial charge in [0.05, 0.1) is 17.3 Å². The monoisotopic (exact) mass is 265 g/mol. The second kappa shape index (κ2) is 5.31. The minimum Gasteiger partial charge on any atom is -0.351 e. The van der Waals surface area contributed by atoms with Crippen LogP contribution in [0.3, 0.4) is 0 Å². The molecule has 0 saturated carbocycles. The van der Waals surface area contributed by atoms with Crippen molar-refractivity contribution in [3.05, 3.63) is 52.7 Å². The third-order valence-corrected chi connectivity index (χ3v) is 2.70. The molecule has 0 bridgehead atoms. The predicted octanol–water partition coefficient (Wildman–Crippen LogP) is 3.21. The van der Waals surface area contributed by atoms with Gasteiger partial charge in [-0.15, -0.1) is 0 Å². The number of aromatic nitrogens is 2. The van der Waals surface area contributed by atoms with E-state index in [1.54, 1.807) is 11.9 Å². The zero-order valence-electron chi connectivity index (χ0n) is 10.2. The molecule has 0 aliphatic heterocycles. The number of halogens is 2. The number of hydrogen-bond acceptors (Lipinski definition) is 3. The Morgan fingerprint density at radius 2 is 2.17 bits per heavy atom. The molecule has 2 aromatic heterocycles. The van der Waals surface area contributed by atoms with Crippen molar-refractivity contribution < 1.29 is 4.39 Å². The van der Waals surface area contributed by atoms with Gasteiger partial charge in [0.25, 0.3) is 0 Å². The smallest absolute Gasteiger partial charge is 0.167 e. The van der Waals surface area contributed by atoms with Crippen LogP contribution in [0, 0.1) is 12.7 Å². The van der Waals surface area contributed by atoms with E-state index in [0.717, 1.165) is 11.4 Å². The molecule has 0 aliphatic carbocycles. The van der Waals surface area contributed by atoms with E-state index in [9.17, 15) is 4.39 Å². The quantitative estimate of drug-likeness (QED) is 0.853. The first kappa shape index (κ1) is 12.8. The van der Waals surface area contributed by atoms with Gasteiger partial charge in [0.15, 0.2) is 11.6 Å². The summed E-state index contributed by atoms with van der Waals surface area (Å²) in [5, 5.41) is 0.290. The highest BCUT2D eigenvalue weighted by Gasteiger charge is 2.10. The number of rotatable bonds is 3. The summed E-state index contributed by atoms with van der Waals surface area (Å²) in [4.78, 5) is 10.1. The Morgan fingerprint density at radius 3 is 2.83 bits per heavy atom. The summed E-state index contributed by atoms with van der Waals surface area (Å²) in [7, 11) is 1.77. The third kappa shape index (κ3) is 2.96. The average molecular weight is 266 g/mol. The third-order valence-electron chi connectivity index (χ3n) is 2.50. The molecule has 2 heterocycles. The minimum absolute atomic E-state index is 0.266. The van der Waals surface area contributed by atoms with E-state index in [1.165, 1.54) is 12.3 Å². The lowest BCUT2D eigenvalue weighted by molar-refractivity contribution is 0.614. The minimum atomic E-state index is -0.433. The molecule has 0 fully saturated rings. The summed E-state index contributed by atoms with van der Waals surface area (Å²) in [5.41, 5.74) is 1.80. The van der Waals surface area contributed by atoms with Crippen molar-refractivity contribution in [3.63, 3.8) is 0 Å². The van der Waals surface area contributed by atoms with Crippen molar-refractivity contribution >= 4 is 17.4 Å². The number of aryl methyl sites for hydroxylation is 1. The van der Waals surface area contributed by atoms with Crippen molar-refractivity contribution in [2.75, 3.05) is 11.9 Å². The van der Waals surface area contributed by atoms with E-state index in [2.05, 4.69) is 9.97 Å². The second-order valence-electron chi connectivity index (χ2n) is 4.09. The van der Waals surface area contributed by atoms with Crippen LogP contribution >= 0.6 is 11.6 Å². The molecule has 0 unspecified atom stereocenters. The number of nitrogens with zero attached hydrogens (tertiary/aromatic N) is 3. The first-order valence-electron chi connectivity index (χ1n) is 5.51. The molecule has 3 nitrogen and oxygen atoms in total. The zero-order chi connectivity index (χ0) is 13.1. The van der Waals surface area contributed by atoms with Crippen LogP contribution in [0.4, 0.5) is 10.2 Å². The standard InChI is InChI=1S/C13H13ClFN3/c1-9-4-3-5-11(17-9)8-18(2)13-12(15)6-10(14)7-16-13/h3-7H,8H2,1-2H3. The Bertz CT molecular complexity index is 560. The van der Waals surface area contributed by atoms with Gasteiger partial charge in [0, 0.05) is 18.9 Å². The van der Waals surface area contributed by atoms with E-state index < -0.39 is 5.82 Å². The van der Waals surface area contributed by atoms with Gasteiger partial charge in [0.2, 0.25) is 0 Å². The molecule has 0 spiro atoms. The van der Waals surface area contributed by atoms with Gasteiger partial charge >= 0.3 is 0 Å². The van der Waals surface area contributed by atoms with Gasteiger partial charge in [0.1, 0.15) is 0 Å². The lowest BCUT2D eigenvalue weighted by Gasteiger charge is -2.18. The topological polar surface area (TPSA) is 29.0 Å². The van der Waals surface area contributed by atoms with Crippen molar-refractivity contribution in [1.82, 2.24) is 9.97 Å². The normalized spacial score (nSPS) is 10.4. The molecule has 0 radical (unpaired) electrons. The Morgan fingerprint density at radius 1 is 1.39 bits per heavy atom. The van der Waals surface area contributed by atoms with Crippen LogP contribution in [-0.2, 0) is 6.54 Å². The fourth-order valence-corrected chi connectivity index (χ4v) is 1.84.